The first-order valence-corrected chi connectivity index (χ1v) is 14.5. The fourth-order valence-corrected chi connectivity index (χ4v) is 6.04. The van der Waals surface area contributed by atoms with Crippen LogP contribution in [0.5, 0.6) is 5.75 Å². The van der Waals surface area contributed by atoms with E-state index in [1.165, 1.54) is 11.3 Å². The topological polar surface area (TPSA) is 142 Å². The van der Waals surface area contributed by atoms with Crippen LogP contribution in [0, 0.1) is 11.8 Å². The fourth-order valence-electron chi connectivity index (χ4n) is 5.08. The molecule has 4 N–H and O–H groups in total. The molecule has 1 aliphatic heterocycles. The SMILES string of the molecule is COc1ccc2[nH]c(C(=O)N[C@@H](CC(C)C)C(=O)N[C@@H](C[C@@H]3CCNC3=O)C(=O)c3nc4ccccc4s3)cc2c1. The molecule has 41 heavy (non-hydrogen) atoms. The zero-order valence-electron chi connectivity index (χ0n) is 23.2. The summed E-state index contributed by atoms with van der Waals surface area (Å²) in [6.07, 6.45) is 1.09. The van der Waals surface area contributed by atoms with Gasteiger partial charge in [-0.3, -0.25) is 19.2 Å². The summed E-state index contributed by atoms with van der Waals surface area (Å²) in [6.45, 7) is 4.43. The molecule has 0 bridgehead atoms. The predicted molar refractivity (Wildman–Crippen MR) is 157 cm³/mol. The number of nitrogens with zero attached hydrogens (tertiary/aromatic N) is 1. The number of aromatic nitrogens is 2. The Hall–Kier alpha value is -4.25. The summed E-state index contributed by atoms with van der Waals surface area (Å²) < 4.78 is 6.13. The number of ether oxygens (including phenoxy) is 1. The van der Waals surface area contributed by atoms with Crippen LogP contribution in [0.15, 0.2) is 48.5 Å². The first-order chi connectivity index (χ1) is 19.7. The summed E-state index contributed by atoms with van der Waals surface area (Å²) in [6, 6.07) is 12.7. The van der Waals surface area contributed by atoms with Gasteiger partial charge in [0.15, 0.2) is 5.01 Å². The molecule has 0 unspecified atom stereocenters. The van der Waals surface area contributed by atoms with Crippen LogP contribution in [0.3, 0.4) is 0 Å². The number of carbonyl (C=O) groups is 4. The highest BCUT2D eigenvalue weighted by molar-refractivity contribution is 7.20. The third-order valence-electron chi connectivity index (χ3n) is 7.22. The van der Waals surface area contributed by atoms with Crippen LogP contribution in [0.2, 0.25) is 0 Å². The number of amides is 3. The van der Waals surface area contributed by atoms with Crippen LogP contribution in [0.25, 0.3) is 21.1 Å². The molecule has 3 heterocycles. The van der Waals surface area contributed by atoms with Crippen LogP contribution in [0.4, 0.5) is 0 Å². The molecule has 11 heteroatoms. The van der Waals surface area contributed by atoms with E-state index in [2.05, 4.69) is 25.9 Å². The van der Waals surface area contributed by atoms with Gasteiger partial charge in [-0.15, -0.1) is 11.3 Å². The van der Waals surface area contributed by atoms with Crippen molar-refractivity contribution in [3.05, 3.63) is 59.2 Å². The van der Waals surface area contributed by atoms with Gasteiger partial charge in [-0.1, -0.05) is 26.0 Å². The third-order valence-corrected chi connectivity index (χ3v) is 8.27. The van der Waals surface area contributed by atoms with Crippen LogP contribution < -0.4 is 20.7 Å². The summed E-state index contributed by atoms with van der Waals surface area (Å²) >= 11 is 1.26. The molecule has 1 aliphatic rings. The number of benzene rings is 2. The van der Waals surface area contributed by atoms with Crippen LogP contribution in [0.1, 0.15) is 53.4 Å². The lowest BCUT2D eigenvalue weighted by Crippen LogP contribution is -2.52. The van der Waals surface area contributed by atoms with Crippen molar-refractivity contribution in [3.8, 4) is 5.75 Å². The number of ketones is 1. The van der Waals surface area contributed by atoms with Gasteiger partial charge in [0, 0.05) is 23.4 Å². The number of carbonyl (C=O) groups excluding carboxylic acids is 4. The van der Waals surface area contributed by atoms with Gasteiger partial charge in [0.2, 0.25) is 17.6 Å². The second-order valence-electron chi connectivity index (χ2n) is 10.7. The predicted octanol–water partition coefficient (Wildman–Crippen LogP) is 3.82. The molecule has 5 rings (SSSR count). The highest BCUT2D eigenvalue weighted by Gasteiger charge is 2.35. The van der Waals surface area contributed by atoms with Crippen molar-refractivity contribution < 1.29 is 23.9 Å². The van der Waals surface area contributed by atoms with Crippen molar-refractivity contribution in [3.63, 3.8) is 0 Å². The molecule has 2 aromatic heterocycles. The van der Waals surface area contributed by atoms with Crippen molar-refractivity contribution in [1.29, 1.82) is 0 Å². The Labute approximate surface area is 241 Å². The van der Waals surface area contributed by atoms with Crippen LogP contribution in [-0.4, -0.2) is 59.2 Å². The average Bonchev–Trinajstić information content (AvgIpc) is 3.69. The van der Waals surface area contributed by atoms with Gasteiger partial charge < -0.3 is 25.7 Å². The first-order valence-electron chi connectivity index (χ1n) is 13.7. The van der Waals surface area contributed by atoms with Gasteiger partial charge in [-0.25, -0.2) is 4.98 Å². The van der Waals surface area contributed by atoms with E-state index < -0.39 is 29.8 Å². The number of Topliss-reactive ketones (excluding diaryl/α,β-unsaturated/α-hetero) is 1. The quantitative estimate of drug-likeness (QED) is 0.200. The summed E-state index contributed by atoms with van der Waals surface area (Å²) in [5, 5.41) is 9.58. The van der Waals surface area contributed by atoms with Crippen molar-refractivity contribution in [2.24, 2.45) is 11.8 Å². The summed E-state index contributed by atoms with van der Waals surface area (Å²) in [7, 11) is 1.57. The number of hydrogen-bond acceptors (Lipinski definition) is 7. The van der Waals surface area contributed by atoms with Crippen molar-refractivity contribution >= 4 is 56.0 Å². The number of nitrogens with one attached hydrogen (secondary N) is 4. The van der Waals surface area contributed by atoms with E-state index in [0.29, 0.717) is 36.3 Å². The standard InChI is InChI=1S/C30H33N5O5S/c1-16(2)12-23(34-29(39)24-15-18-13-19(40-3)8-9-20(18)32-24)28(38)33-22(14-17-10-11-31-27(17)37)26(36)30-35-21-6-4-5-7-25(21)41-30/h4-9,13,15-17,22-23,32H,10-12,14H2,1-3H3,(H,31,37)(H,33,38)(H,34,39)/t17-,22-,23-/m0/s1. The molecule has 1 fully saturated rings. The lowest BCUT2D eigenvalue weighted by atomic mass is 9.95. The first kappa shape index (κ1) is 28.3. The van der Waals surface area contributed by atoms with E-state index >= 15 is 0 Å². The molecule has 0 aliphatic carbocycles. The number of para-hydroxylation sites is 1. The minimum absolute atomic E-state index is 0.0806. The van der Waals surface area contributed by atoms with Crippen LogP contribution >= 0.6 is 11.3 Å². The van der Waals surface area contributed by atoms with Crippen molar-refractivity contribution in [1.82, 2.24) is 25.9 Å². The Balaban J connectivity index is 1.37. The van der Waals surface area contributed by atoms with E-state index in [9.17, 15) is 19.2 Å². The second kappa shape index (κ2) is 12.1. The number of methoxy groups -OCH3 is 1. The molecule has 0 saturated carbocycles. The summed E-state index contributed by atoms with van der Waals surface area (Å²) in [5.74, 6) is -1.06. The smallest absolute Gasteiger partial charge is 0.268 e. The van der Waals surface area contributed by atoms with E-state index in [0.717, 1.165) is 15.6 Å². The zero-order valence-corrected chi connectivity index (χ0v) is 24.0. The van der Waals surface area contributed by atoms with Crippen molar-refractivity contribution in [2.75, 3.05) is 13.7 Å². The number of hydrogen-bond donors (Lipinski definition) is 4. The summed E-state index contributed by atoms with van der Waals surface area (Å²) in [4.78, 5) is 60.5. The highest BCUT2D eigenvalue weighted by Crippen LogP contribution is 2.26. The van der Waals surface area contributed by atoms with Gasteiger partial charge in [0.25, 0.3) is 5.91 Å². The molecule has 0 spiro atoms. The molecule has 10 nitrogen and oxygen atoms in total. The molecule has 3 atom stereocenters. The monoisotopic (exact) mass is 575 g/mol. The average molecular weight is 576 g/mol. The molecule has 0 radical (unpaired) electrons. The van der Waals surface area contributed by atoms with E-state index in [4.69, 9.17) is 4.74 Å². The molecule has 4 aromatic rings. The Morgan fingerprint density at radius 3 is 2.61 bits per heavy atom. The van der Waals surface area contributed by atoms with Gasteiger partial charge in [-0.05, 0) is 61.6 Å². The van der Waals surface area contributed by atoms with Gasteiger partial charge >= 0.3 is 0 Å². The maximum absolute atomic E-state index is 13.7. The Bertz CT molecular complexity index is 1580. The number of aromatic amines is 1. The molecule has 214 valence electrons. The zero-order chi connectivity index (χ0) is 29.1. The molecular weight excluding hydrogens is 542 g/mol. The highest BCUT2D eigenvalue weighted by atomic mass is 32.1. The summed E-state index contributed by atoms with van der Waals surface area (Å²) in [5.41, 5.74) is 1.77. The molecule has 1 saturated heterocycles. The van der Waals surface area contributed by atoms with Gasteiger partial charge in [0.05, 0.1) is 23.4 Å². The lowest BCUT2D eigenvalue weighted by molar-refractivity contribution is -0.125. The number of thiazole rings is 1. The maximum Gasteiger partial charge on any atom is 0.268 e. The van der Waals surface area contributed by atoms with E-state index in [-0.39, 0.29) is 29.0 Å². The van der Waals surface area contributed by atoms with Crippen molar-refractivity contribution in [2.45, 2.75) is 45.2 Å². The Morgan fingerprint density at radius 2 is 1.90 bits per heavy atom. The number of rotatable bonds is 11. The Kier molecular flexibility index (Phi) is 8.34. The third kappa shape index (κ3) is 6.40. The fraction of sp³-hybridized carbons (Fsp3) is 0.367. The molecule has 2 aromatic carbocycles. The molecule has 3 amide bonds. The largest absolute Gasteiger partial charge is 0.497 e. The van der Waals surface area contributed by atoms with E-state index in [1.54, 1.807) is 19.2 Å². The lowest BCUT2D eigenvalue weighted by Gasteiger charge is -2.24. The number of fused-ring (bicyclic) bond motifs is 2. The maximum atomic E-state index is 13.7. The minimum Gasteiger partial charge on any atom is -0.497 e. The molecular formula is C30H33N5O5S. The minimum atomic E-state index is -0.969. The number of H-pyrrole nitrogens is 1. The Morgan fingerprint density at radius 1 is 1.10 bits per heavy atom. The van der Waals surface area contributed by atoms with Gasteiger partial charge in [0.1, 0.15) is 17.5 Å². The second-order valence-corrected chi connectivity index (χ2v) is 11.7. The van der Waals surface area contributed by atoms with Crippen LogP contribution in [-0.2, 0) is 9.59 Å². The van der Waals surface area contributed by atoms with E-state index in [1.807, 2.05) is 50.2 Å². The van der Waals surface area contributed by atoms with Gasteiger partial charge in [-0.2, -0.15) is 0 Å². The normalized spacial score (nSPS) is 16.5.